The van der Waals surface area contributed by atoms with Gasteiger partial charge in [-0.05, 0) is 42.3 Å². The van der Waals surface area contributed by atoms with Gasteiger partial charge in [0.1, 0.15) is 17.7 Å². The molecule has 0 saturated carbocycles. The minimum absolute atomic E-state index is 0.0177. The van der Waals surface area contributed by atoms with Crippen LogP contribution in [0.2, 0.25) is 0 Å². The summed E-state index contributed by atoms with van der Waals surface area (Å²) in [5, 5.41) is 11.4. The van der Waals surface area contributed by atoms with E-state index in [1.54, 1.807) is 22.9 Å². The summed E-state index contributed by atoms with van der Waals surface area (Å²) in [6, 6.07) is 10.2. The first kappa shape index (κ1) is 22.7. The largest absolute Gasteiger partial charge is 0.416 e. The van der Waals surface area contributed by atoms with Gasteiger partial charge in [-0.3, -0.25) is 9.52 Å². The second-order valence-electron chi connectivity index (χ2n) is 6.55. The Morgan fingerprint density at radius 3 is 2.62 bits per heavy atom. The Hall–Kier alpha value is -3.98. The van der Waals surface area contributed by atoms with Crippen LogP contribution in [0.3, 0.4) is 0 Å². The van der Waals surface area contributed by atoms with Crippen LogP contribution in [0.5, 0.6) is 11.8 Å². The van der Waals surface area contributed by atoms with E-state index in [4.69, 9.17) is 14.4 Å². The van der Waals surface area contributed by atoms with Crippen LogP contribution in [0.4, 0.5) is 14.5 Å². The number of hydrogen-bond donors (Lipinski definition) is 2. The molecule has 0 saturated heterocycles. The lowest BCUT2D eigenvalue weighted by Crippen LogP contribution is -2.26. The minimum atomic E-state index is -3.84. The van der Waals surface area contributed by atoms with E-state index in [2.05, 4.69) is 10.3 Å². The highest BCUT2D eigenvalue weighted by Gasteiger charge is 2.16. The normalized spacial score (nSPS) is 10.9. The number of oxazole rings is 1. The Bertz CT molecular complexity index is 1280. The number of carbonyl (C=O) groups is 1. The highest BCUT2D eigenvalue weighted by molar-refractivity contribution is 7.92. The van der Waals surface area contributed by atoms with E-state index in [0.717, 1.165) is 24.7 Å². The molecule has 0 fully saturated rings. The van der Waals surface area contributed by atoms with Crippen molar-refractivity contribution in [3.63, 3.8) is 0 Å². The summed E-state index contributed by atoms with van der Waals surface area (Å²) < 4.78 is 62.6. The highest BCUT2D eigenvalue weighted by atomic mass is 32.2. The van der Waals surface area contributed by atoms with Gasteiger partial charge in [-0.15, -0.1) is 0 Å². The molecule has 0 bridgehead atoms. The summed E-state index contributed by atoms with van der Waals surface area (Å²) in [4.78, 5) is 16.1. The van der Waals surface area contributed by atoms with Crippen molar-refractivity contribution in [3.8, 4) is 17.9 Å². The van der Waals surface area contributed by atoms with Crippen LogP contribution < -0.4 is 14.8 Å². The summed E-state index contributed by atoms with van der Waals surface area (Å²) in [7, 11) is -3.84. The van der Waals surface area contributed by atoms with Crippen molar-refractivity contribution in [2.45, 2.75) is 6.42 Å². The van der Waals surface area contributed by atoms with E-state index in [0.29, 0.717) is 11.3 Å². The Morgan fingerprint density at radius 2 is 1.97 bits per heavy atom. The zero-order chi connectivity index (χ0) is 23.3. The molecular formula is C20H16F2N4O5S. The van der Waals surface area contributed by atoms with Crippen LogP contribution in [0.25, 0.3) is 0 Å². The lowest BCUT2D eigenvalue weighted by atomic mass is 10.1. The molecule has 3 rings (SSSR count). The molecule has 0 aliphatic rings. The number of aromatic nitrogens is 1. The number of hydrogen-bond acceptors (Lipinski definition) is 7. The Morgan fingerprint density at radius 1 is 1.25 bits per heavy atom. The van der Waals surface area contributed by atoms with Gasteiger partial charge in [-0.25, -0.2) is 17.2 Å². The molecular weight excluding hydrogens is 446 g/mol. The SMILES string of the molecule is CS(=O)(=O)Nc1c(F)cc(CCNC(=O)c2coc(Oc3cccc(C#N)c3)n2)cc1F. The van der Waals surface area contributed by atoms with Crippen LogP contribution in [0, 0.1) is 23.0 Å². The molecule has 1 heterocycles. The number of halogens is 2. The van der Waals surface area contributed by atoms with Gasteiger partial charge in [-0.2, -0.15) is 10.2 Å². The lowest BCUT2D eigenvalue weighted by molar-refractivity contribution is 0.0949. The minimum Gasteiger partial charge on any atom is -0.416 e. The van der Waals surface area contributed by atoms with Crippen LogP contribution in [-0.2, 0) is 16.4 Å². The number of anilines is 1. The molecule has 0 spiro atoms. The molecule has 0 unspecified atom stereocenters. The average Bonchev–Trinajstić information content (AvgIpc) is 3.19. The molecule has 3 aromatic rings. The van der Waals surface area contributed by atoms with Crippen molar-refractivity contribution in [1.29, 1.82) is 5.26 Å². The number of carbonyl (C=O) groups excluding carboxylic acids is 1. The maximum Gasteiger partial charge on any atom is 0.399 e. The van der Waals surface area contributed by atoms with Crippen molar-refractivity contribution in [2.75, 3.05) is 17.5 Å². The summed E-state index contributed by atoms with van der Waals surface area (Å²) in [5.74, 6) is -2.45. The number of nitrogens with zero attached hydrogens (tertiary/aromatic N) is 2. The number of rotatable bonds is 8. The van der Waals surface area contributed by atoms with Gasteiger partial charge in [0.25, 0.3) is 5.91 Å². The number of ether oxygens (including phenoxy) is 1. The van der Waals surface area contributed by atoms with Crippen molar-refractivity contribution in [1.82, 2.24) is 10.3 Å². The molecule has 166 valence electrons. The third-order valence-electron chi connectivity index (χ3n) is 3.97. The molecule has 0 radical (unpaired) electrons. The molecule has 1 amide bonds. The van der Waals surface area contributed by atoms with Gasteiger partial charge in [0.2, 0.25) is 10.0 Å². The molecule has 32 heavy (non-hydrogen) atoms. The van der Waals surface area contributed by atoms with Crippen molar-refractivity contribution >= 4 is 21.6 Å². The Labute approximate surface area is 181 Å². The number of sulfonamides is 1. The van der Waals surface area contributed by atoms with E-state index in [9.17, 15) is 22.0 Å². The first-order chi connectivity index (χ1) is 15.1. The van der Waals surface area contributed by atoms with Gasteiger partial charge in [0.15, 0.2) is 17.3 Å². The van der Waals surface area contributed by atoms with Crippen molar-refractivity contribution < 1.29 is 31.1 Å². The van der Waals surface area contributed by atoms with Crippen LogP contribution in [0.15, 0.2) is 47.1 Å². The molecule has 2 aromatic carbocycles. The molecule has 0 atom stereocenters. The highest BCUT2D eigenvalue weighted by Crippen LogP contribution is 2.23. The van der Waals surface area contributed by atoms with E-state index in [-0.39, 0.29) is 30.3 Å². The number of nitrogens with one attached hydrogen (secondary N) is 2. The van der Waals surface area contributed by atoms with Gasteiger partial charge in [0.05, 0.1) is 17.9 Å². The standard InChI is InChI=1S/C20H16F2N4O5S/c1-32(28,29)26-18-15(21)8-12(9-16(18)22)5-6-24-19(27)17-11-30-20(25-17)31-14-4-2-3-13(7-14)10-23/h2-4,7-9,11,26H,5-6H2,1H3,(H,24,27). The molecule has 0 aliphatic heterocycles. The lowest BCUT2D eigenvalue weighted by Gasteiger charge is -2.09. The van der Waals surface area contributed by atoms with Crippen molar-refractivity contribution in [3.05, 3.63) is 71.1 Å². The fourth-order valence-electron chi connectivity index (χ4n) is 2.60. The second kappa shape index (κ2) is 9.44. The zero-order valence-corrected chi connectivity index (χ0v) is 17.4. The van der Waals surface area contributed by atoms with E-state index in [1.165, 1.54) is 6.07 Å². The zero-order valence-electron chi connectivity index (χ0n) is 16.6. The third kappa shape index (κ3) is 6.02. The van der Waals surface area contributed by atoms with E-state index in [1.807, 2.05) is 6.07 Å². The smallest absolute Gasteiger partial charge is 0.399 e. The molecule has 2 N–H and O–H groups in total. The summed E-state index contributed by atoms with van der Waals surface area (Å²) in [6.07, 6.45) is 1.72. The maximum atomic E-state index is 14.0. The maximum absolute atomic E-state index is 14.0. The van der Waals surface area contributed by atoms with E-state index >= 15 is 0 Å². The fraction of sp³-hybridized carbons (Fsp3) is 0.150. The van der Waals surface area contributed by atoms with Crippen LogP contribution in [-0.4, -0.2) is 32.1 Å². The molecule has 1 aromatic heterocycles. The summed E-state index contributed by atoms with van der Waals surface area (Å²) >= 11 is 0. The summed E-state index contributed by atoms with van der Waals surface area (Å²) in [5.41, 5.74) is -0.266. The second-order valence-corrected chi connectivity index (χ2v) is 8.30. The molecule has 12 heteroatoms. The molecule has 9 nitrogen and oxygen atoms in total. The van der Waals surface area contributed by atoms with Crippen molar-refractivity contribution in [2.24, 2.45) is 0 Å². The van der Waals surface area contributed by atoms with Gasteiger partial charge in [-0.1, -0.05) is 6.07 Å². The monoisotopic (exact) mass is 462 g/mol. The summed E-state index contributed by atoms with van der Waals surface area (Å²) in [6.45, 7) is 0.0177. The van der Waals surface area contributed by atoms with Crippen LogP contribution in [0.1, 0.15) is 21.6 Å². The Kier molecular flexibility index (Phi) is 6.70. The van der Waals surface area contributed by atoms with Gasteiger partial charge < -0.3 is 14.5 Å². The predicted octanol–water partition coefficient (Wildman–Crippen LogP) is 2.96. The van der Waals surface area contributed by atoms with Gasteiger partial charge in [0, 0.05) is 6.54 Å². The predicted molar refractivity (Wildman–Crippen MR) is 109 cm³/mol. The molecule has 0 aliphatic carbocycles. The first-order valence-corrected chi connectivity index (χ1v) is 10.9. The first-order valence-electron chi connectivity index (χ1n) is 9.02. The Balaban J connectivity index is 1.57. The quantitative estimate of drug-likeness (QED) is 0.526. The fourth-order valence-corrected chi connectivity index (χ4v) is 3.17. The number of amides is 1. The topological polar surface area (TPSA) is 134 Å². The van der Waals surface area contributed by atoms with E-state index < -0.39 is 33.3 Å². The number of nitriles is 1. The number of benzene rings is 2. The van der Waals surface area contributed by atoms with Crippen LogP contribution >= 0.6 is 0 Å². The third-order valence-corrected chi connectivity index (χ3v) is 4.55. The average molecular weight is 462 g/mol. The van der Waals surface area contributed by atoms with Gasteiger partial charge >= 0.3 is 6.08 Å².